The van der Waals surface area contributed by atoms with E-state index < -0.39 is 0 Å². The minimum Gasteiger partial charge on any atom is -0.497 e. The molecule has 5 nitrogen and oxygen atoms in total. The Kier molecular flexibility index (Phi) is 6.01. The highest BCUT2D eigenvalue weighted by molar-refractivity contribution is 5.94. The Morgan fingerprint density at radius 2 is 2.09 bits per heavy atom. The highest BCUT2D eigenvalue weighted by Gasteiger charge is 2.04. The Hall–Kier alpha value is -3.00. The van der Waals surface area contributed by atoms with E-state index in [1.165, 1.54) is 0 Å². The van der Waals surface area contributed by atoms with Gasteiger partial charge in [-0.25, -0.2) is 0 Å². The summed E-state index contributed by atoms with van der Waals surface area (Å²) in [4.78, 5) is 16.0. The molecule has 2 aromatic rings. The predicted octanol–water partition coefficient (Wildman–Crippen LogP) is 2.21. The number of ether oxygens (including phenoxy) is 2. The van der Waals surface area contributed by atoms with Crippen LogP contribution in [0.2, 0.25) is 0 Å². The van der Waals surface area contributed by atoms with E-state index in [2.05, 4.69) is 22.1 Å². The molecule has 1 N–H and O–H groups in total. The van der Waals surface area contributed by atoms with Gasteiger partial charge in [0.25, 0.3) is 5.91 Å². The molecule has 0 spiro atoms. The predicted molar refractivity (Wildman–Crippen MR) is 87.6 cm³/mol. The van der Waals surface area contributed by atoms with Crippen LogP contribution in [0.3, 0.4) is 0 Å². The molecule has 1 aromatic carbocycles. The number of carbonyl (C=O) groups excluding carboxylic acids is 1. The highest BCUT2D eigenvalue weighted by Crippen LogP contribution is 2.12. The summed E-state index contributed by atoms with van der Waals surface area (Å²) >= 11 is 0. The number of nitrogens with one attached hydrogen (secondary N) is 1. The first-order valence-electron chi connectivity index (χ1n) is 7.12. The van der Waals surface area contributed by atoms with Gasteiger partial charge in [0.15, 0.2) is 0 Å². The molecular weight excluding hydrogens is 292 g/mol. The summed E-state index contributed by atoms with van der Waals surface area (Å²) in [5.74, 6) is 6.80. The molecular formula is C18H18N2O3. The molecule has 0 saturated heterocycles. The maximum atomic E-state index is 11.9. The van der Waals surface area contributed by atoms with Gasteiger partial charge in [0.05, 0.1) is 19.9 Å². The summed E-state index contributed by atoms with van der Waals surface area (Å²) < 4.78 is 10.5. The van der Waals surface area contributed by atoms with Gasteiger partial charge >= 0.3 is 0 Å². The zero-order chi connectivity index (χ0) is 16.5. The van der Waals surface area contributed by atoms with Crippen LogP contribution in [0.15, 0.2) is 42.6 Å². The van der Waals surface area contributed by atoms with Gasteiger partial charge < -0.3 is 14.8 Å². The molecule has 0 bridgehead atoms. The lowest BCUT2D eigenvalue weighted by Gasteiger charge is -2.04. The van der Waals surface area contributed by atoms with Crippen molar-refractivity contribution in [2.24, 2.45) is 0 Å². The van der Waals surface area contributed by atoms with Gasteiger partial charge in [0.2, 0.25) is 0 Å². The Morgan fingerprint density at radius 1 is 1.22 bits per heavy atom. The largest absolute Gasteiger partial charge is 0.497 e. The fourth-order valence-corrected chi connectivity index (χ4v) is 1.76. The van der Waals surface area contributed by atoms with Crippen LogP contribution in [0.1, 0.15) is 16.1 Å². The van der Waals surface area contributed by atoms with Crippen molar-refractivity contribution in [3.05, 3.63) is 53.9 Å². The monoisotopic (exact) mass is 310 g/mol. The second kappa shape index (κ2) is 8.44. The van der Waals surface area contributed by atoms with Crippen LogP contribution in [0, 0.1) is 18.8 Å². The minimum atomic E-state index is -0.193. The summed E-state index contributed by atoms with van der Waals surface area (Å²) in [5.41, 5.74) is 1.47. The number of hydrogen-bond acceptors (Lipinski definition) is 4. The van der Waals surface area contributed by atoms with Crippen LogP contribution < -0.4 is 14.8 Å². The van der Waals surface area contributed by atoms with Gasteiger partial charge in [-0.05, 0) is 37.3 Å². The Labute approximate surface area is 135 Å². The first kappa shape index (κ1) is 16.4. The Morgan fingerprint density at radius 3 is 2.83 bits per heavy atom. The van der Waals surface area contributed by atoms with Gasteiger partial charge in [0, 0.05) is 11.3 Å². The van der Waals surface area contributed by atoms with Gasteiger partial charge in [-0.2, -0.15) is 0 Å². The summed E-state index contributed by atoms with van der Waals surface area (Å²) in [6.07, 6.45) is 1.65. The molecule has 0 aliphatic carbocycles. The number of carbonyl (C=O) groups is 1. The van der Waals surface area contributed by atoms with Gasteiger partial charge in [-0.15, -0.1) is 0 Å². The molecule has 1 heterocycles. The number of hydrogen-bond donors (Lipinski definition) is 1. The number of benzene rings is 1. The van der Waals surface area contributed by atoms with Crippen molar-refractivity contribution in [3.63, 3.8) is 0 Å². The molecule has 2 rings (SSSR count). The molecule has 1 amide bonds. The summed E-state index contributed by atoms with van der Waals surface area (Å²) in [6.45, 7) is 2.42. The summed E-state index contributed by atoms with van der Waals surface area (Å²) in [7, 11) is 1.56. The fraction of sp³-hybridized carbons (Fsp3) is 0.222. The third kappa shape index (κ3) is 5.36. The van der Waals surface area contributed by atoms with E-state index in [4.69, 9.17) is 9.47 Å². The maximum absolute atomic E-state index is 11.9. The second-order valence-corrected chi connectivity index (χ2v) is 4.69. The van der Waals surface area contributed by atoms with Crippen molar-refractivity contribution >= 4 is 5.91 Å². The van der Waals surface area contributed by atoms with E-state index in [0.29, 0.717) is 17.1 Å². The van der Waals surface area contributed by atoms with E-state index in [0.717, 1.165) is 5.69 Å². The number of rotatable bonds is 5. The molecule has 0 radical (unpaired) electrons. The van der Waals surface area contributed by atoms with Crippen LogP contribution in [-0.2, 0) is 0 Å². The van der Waals surface area contributed by atoms with Crippen LogP contribution in [0.25, 0.3) is 0 Å². The molecule has 0 fully saturated rings. The third-order valence-electron chi connectivity index (χ3n) is 2.99. The summed E-state index contributed by atoms with van der Waals surface area (Å²) in [6, 6.07) is 10.7. The molecule has 118 valence electrons. The number of pyridine rings is 1. The number of aromatic nitrogens is 1. The molecule has 0 atom stereocenters. The standard InChI is InChI=1S/C18H18N2O3/c1-14-8-9-17(13-20-14)23-11-4-3-10-19-18(21)15-6-5-7-16(12-15)22-2/h5-9,12-13H,10-11H2,1-2H3,(H,19,21). The Bertz CT molecular complexity index is 715. The van der Waals surface area contributed by atoms with Crippen molar-refractivity contribution in [2.75, 3.05) is 20.3 Å². The van der Waals surface area contributed by atoms with Crippen LogP contribution >= 0.6 is 0 Å². The SMILES string of the molecule is COc1cccc(C(=O)NCC#CCOc2ccc(C)nc2)c1. The van der Waals surface area contributed by atoms with Crippen molar-refractivity contribution in [3.8, 4) is 23.3 Å². The van der Waals surface area contributed by atoms with Gasteiger partial charge in [0.1, 0.15) is 18.1 Å². The normalized spacial score (nSPS) is 9.48. The van der Waals surface area contributed by atoms with E-state index >= 15 is 0 Å². The molecule has 0 aliphatic heterocycles. The molecule has 0 unspecified atom stereocenters. The molecule has 5 heteroatoms. The smallest absolute Gasteiger partial charge is 0.252 e. The number of nitrogens with zero attached hydrogens (tertiary/aromatic N) is 1. The van der Waals surface area contributed by atoms with Crippen molar-refractivity contribution in [2.45, 2.75) is 6.92 Å². The van der Waals surface area contributed by atoms with E-state index in [9.17, 15) is 4.79 Å². The van der Waals surface area contributed by atoms with E-state index in [1.807, 2.05) is 19.1 Å². The lowest BCUT2D eigenvalue weighted by atomic mass is 10.2. The molecule has 0 aliphatic rings. The van der Waals surface area contributed by atoms with Crippen molar-refractivity contribution < 1.29 is 14.3 Å². The van der Waals surface area contributed by atoms with Crippen molar-refractivity contribution in [1.82, 2.24) is 10.3 Å². The average molecular weight is 310 g/mol. The molecule has 23 heavy (non-hydrogen) atoms. The van der Waals surface area contributed by atoms with E-state index in [-0.39, 0.29) is 19.1 Å². The third-order valence-corrected chi connectivity index (χ3v) is 2.99. The average Bonchev–Trinajstić information content (AvgIpc) is 2.59. The lowest BCUT2D eigenvalue weighted by Crippen LogP contribution is -2.23. The quantitative estimate of drug-likeness (QED) is 0.860. The summed E-state index contributed by atoms with van der Waals surface area (Å²) in [5, 5.41) is 2.72. The second-order valence-electron chi connectivity index (χ2n) is 4.69. The number of methoxy groups -OCH3 is 1. The lowest BCUT2D eigenvalue weighted by molar-refractivity contribution is 0.0958. The number of amides is 1. The molecule has 1 aromatic heterocycles. The first-order chi connectivity index (χ1) is 11.2. The van der Waals surface area contributed by atoms with E-state index in [1.54, 1.807) is 37.6 Å². The Balaban J connectivity index is 1.74. The zero-order valence-corrected chi connectivity index (χ0v) is 13.1. The van der Waals surface area contributed by atoms with Gasteiger partial charge in [-0.1, -0.05) is 17.9 Å². The number of aryl methyl sites for hydroxylation is 1. The molecule has 0 saturated carbocycles. The van der Waals surface area contributed by atoms with Crippen LogP contribution in [0.4, 0.5) is 0 Å². The zero-order valence-electron chi connectivity index (χ0n) is 13.1. The van der Waals surface area contributed by atoms with Gasteiger partial charge in [-0.3, -0.25) is 9.78 Å². The van der Waals surface area contributed by atoms with Crippen LogP contribution in [0.5, 0.6) is 11.5 Å². The minimum absolute atomic E-state index is 0.193. The topological polar surface area (TPSA) is 60.5 Å². The first-order valence-corrected chi connectivity index (χ1v) is 7.12. The fourth-order valence-electron chi connectivity index (χ4n) is 1.76. The van der Waals surface area contributed by atoms with Crippen molar-refractivity contribution in [1.29, 1.82) is 0 Å². The highest BCUT2D eigenvalue weighted by atomic mass is 16.5. The maximum Gasteiger partial charge on any atom is 0.252 e. The van der Waals surface area contributed by atoms with Crippen LogP contribution in [-0.4, -0.2) is 31.2 Å².